The predicted octanol–water partition coefficient (Wildman–Crippen LogP) is 6.00. The highest BCUT2D eigenvalue weighted by molar-refractivity contribution is 7.90. The second-order valence-electron chi connectivity index (χ2n) is 14.1. The standard InChI is InChI=1S/C44H47ClN4O9S/c1-28-33(26-58-41-20-40(57-25-31-17-30(21-46)22-48-23-31)34(18-38(41)45)24-49-44(3,27-51)43(52)53)7-5-9-36(28)37-10-6-8-35(29(37)2)32-11-12-39(42(19-32)59(4,54)55)56-16-14-47-13-15-50/h5-12,17-20,22-23,47,49-51H,13-16,24-27H2,1-4H3,(H,52,53). The summed E-state index contributed by atoms with van der Waals surface area (Å²) in [6.07, 6.45) is 4.17. The first-order valence-electron chi connectivity index (χ1n) is 18.7. The molecule has 0 aliphatic carbocycles. The number of aromatic nitrogens is 1. The first-order chi connectivity index (χ1) is 28.2. The van der Waals surface area contributed by atoms with E-state index in [0.717, 1.165) is 45.2 Å². The SMILES string of the molecule is Cc1c(COc2cc(OCc3cncc(C#N)c3)c(CNC(C)(CO)C(=O)O)cc2Cl)cccc1-c1cccc(-c2ccc(OCCNCCO)c(S(C)(=O)=O)c2)c1C. The number of nitrogens with one attached hydrogen (secondary N) is 2. The van der Waals surface area contributed by atoms with Crippen molar-refractivity contribution in [1.82, 2.24) is 15.6 Å². The van der Waals surface area contributed by atoms with E-state index in [1.54, 1.807) is 36.5 Å². The fourth-order valence-electron chi connectivity index (χ4n) is 6.29. The number of carboxylic acid groups (broad SMARTS) is 1. The molecule has 0 aliphatic rings. The van der Waals surface area contributed by atoms with Crippen LogP contribution >= 0.6 is 11.6 Å². The van der Waals surface area contributed by atoms with Crippen molar-refractivity contribution in [3.05, 3.63) is 124 Å². The number of ether oxygens (including phenoxy) is 3. The van der Waals surface area contributed by atoms with Crippen LogP contribution in [-0.2, 0) is 34.4 Å². The summed E-state index contributed by atoms with van der Waals surface area (Å²) in [5, 5.41) is 43.9. The average molecular weight is 843 g/mol. The molecule has 13 nitrogen and oxygen atoms in total. The molecule has 1 atom stereocenters. The Kier molecular flexibility index (Phi) is 15.1. The Morgan fingerprint density at radius 1 is 0.864 bits per heavy atom. The van der Waals surface area contributed by atoms with Gasteiger partial charge in [0.15, 0.2) is 9.84 Å². The third kappa shape index (κ3) is 11.2. The van der Waals surface area contributed by atoms with Gasteiger partial charge < -0.3 is 34.8 Å². The number of aliphatic hydroxyl groups is 2. The van der Waals surface area contributed by atoms with Crippen LogP contribution in [0.4, 0.5) is 0 Å². The van der Waals surface area contributed by atoms with E-state index in [1.807, 2.05) is 56.3 Å². The fourth-order valence-corrected chi connectivity index (χ4v) is 7.36. The third-order valence-corrected chi connectivity index (χ3v) is 11.2. The van der Waals surface area contributed by atoms with Gasteiger partial charge in [0.2, 0.25) is 0 Å². The van der Waals surface area contributed by atoms with E-state index in [0.29, 0.717) is 41.3 Å². The minimum absolute atomic E-state index is 0.00743. The highest BCUT2D eigenvalue weighted by atomic mass is 35.5. The third-order valence-electron chi connectivity index (χ3n) is 9.82. The second-order valence-corrected chi connectivity index (χ2v) is 16.5. The molecule has 1 unspecified atom stereocenters. The molecule has 5 rings (SSSR count). The van der Waals surface area contributed by atoms with E-state index in [9.17, 15) is 28.7 Å². The largest absolute Gasteiger partial charge is 0.491 e. The summed E-state index contributed by atoms with van der Waals surface area (Å²) < 4.78 is 44.0. The van der Waals surface area contributed by atoms with Crippen LogP contribution in [0.1, 0.15) is 40.3 Å². The minimum Gasteiger partial charge on any atom is -0.491 e. The van der Waals surface area contributed by atoms with Crippen molar-refractivity contribution in [2.45, 2.75) is 51.0 Å². The van der Waals surface area contributed by atoms with E-state index < -0.39 is 28.0 Å². The molecule has 0 fully saturated rings. The van der Waals surface area contributed by atoms with Crippen LogP contribution in [0.3, 0.4) is 0 Å². The molecule has 0 spiro atoms. The molecule has 1 heterocycles. The van der Waals surface area contributed by atoms with Crippen LogP contribution < -0.4 is 24.8 Å². The maximum absolute atomic E-state index is 12.9. The van der Waals surface area contributed by atoms with Crippen molar-refractivity contribution >= 4 is 27.4 Å². The zero-order valence-corrected chi connectivity index (χ0v) is 34.8. The smallest absolute Gasteiger partial charge is 0.326 e. The summed E-state index contributed by atoms with van der Waals surface area (Å²) in [4.78, 5) is 16.0. The Bertz CT molecular complexity index is 2460. The predicted molar refractivity (Wildman–Crippen MR) is 224 cm³/mol. The van der Waals surface area contributed by atoms with E-state index in [4.69, 9.17) is 30.9 Å². The van der Waals surface area contributed by atoms with Crippen molar-refractivity contribution in [3.8, 4) is 45.6 Å². The van der Waals surface area contributed by atoms with Crippen LogP contribution in [0.5, 0.6) is 17.2 Å². The summed E-state index contributed by atoms with van der Waals surface area (Å²) in [6.45, 7) is 5.97. The number of carboxylic acids is 1. The Morgan fingerprint density at radius 2 is 1.58 bits per heavy atom. The number of sulfone groups is 1. The maximum atomic E-state index is 12.9. The Hall–Kier alpha value is -5.53. The highest BCUT2D eigenvalue weighted by Crippen LogP contribution is 2.38. The average Bonchev–Trinajstić information content (AvgIpc) is 3.22. The zero-order valence-electron chi connectivity index (χ0n) is 33.2. The molecule has 5 aromatic rings. The van der Waals surface area contributed by atoms with Crippen molar-refractivity contribution in [2.75, 3.05) is 39.2 Å². The minimum atomic E-state index is -3.63. The van der Waals surface area contributed by atoms with Gasteiger partial charge in [-0.2, -0.15) is 5.26 Å². The molecule has 0 radical (unpaired) electrons. The molecule has 0 amide bonds. The molecule has 1 aromatic heterocycles. The molecule has 5 N–H and O–H groups in total. The lowest BCUT2D eigenvalue weighted by Gasteiger charge is -2.25. The number of aliphatic hydroxyl groups excluding tert-OH is 2. The molecule has 0 saturated carbocycles. The summed E-state index contributed by atoms with van der Waals surface area (Å²) in [5.74, 6) is -0.309. The van der Waals surface area contributed by atoms with E-state index >= 15 is 0 Å². The zero-order chi connectivity index (χ0) is 42.7. The van der Waals surface area contributed by atoms with Crippen molar-refractivity contribution in [2.24, 2.45) is 0 Å². The van der Waals surface area contributed by atoms with Crippen LogP contribution in [0.25, 0.3) is 22.3 Å². The van der Waals surface area contributed by atoms with Crippen LogP contribution in [0.2, 0.25) is 5.02 Å². The molecule has 0 aliphatic heterocycles. The van der Waals surface area contributed by atoms with Gasteiger partial charge in [0.05, 0.1) is 23.8 Å². The number of benzene rings is 4. The molecule has 310 valence electrons. The summed E-state index contributed by atoms with van der Waals surface area (Å²) >= 11 is 6.75. The Labute approximate surface area is 349 Å². The number of nitrogens with zero attached hydrogens (tertiary/aromatic N) is 2. The number of hydrogen-bond acceptors (Lipinski definition) is 12. The Morgan fingerprint density at radius 3 is 2.27 bits per heavy atom. The van der Waals surface area contributed by atoms with E-state index in [2.05, 4.69) is 21.7 Å². The molecular formula is C44H47ClN4O9S. The van der Waals surface area contributed by atoms with Gasteiger partial charge in [0, 0.05) is 55.5 Å². The fraction of sp³-hybridized carbons (Fsp3) is 0.295. The van der Waals surface area contributed by atoms with Gasteiger partial charge in [0.25, 0.3) is 0 Å². The van der Waals surface area contributed by atoms with Gasteiger partial charge in [-0.1, -0.05) is 54.1 Å². The Balaban J connectivity index is 1.41. The quantitative estimate of drug-likeness (QED) is 0.0572. The highest BCUT2D eigenvalue weighted by Gasteiger charge is 2.32. The van der Waals surface area contributed by atoms with Crippen LogP contribution in [-0.4, -0.2) is 79.4 Å². The number of aliphatic carboxylic acids is 1. The molecular weight excluding hydrogens is 796 g/mol. The number of halogens is 1. The number of hydrogen-bond donors (Lipinski definition) is 5. The van der Waals surface area contributed by atoms with Crippen molar-refractivity contribution in [1.29, 1.82) is 5.26 Å². The lowest BCUT2D eigenvalue weighted by atomic mass is 9.89. The lowest BCUT2D eigenvalue weighted by Crippen LogP contribution is -2.52. The van der Waals surface area contributed by atoms with Gasteiger partial charge in [-0.3, -0.25) is 15.1 Å². The summed E-state index contributed by atoms with van der Waals surface area (Å²) in [5.41, 5.74) is 6.17. The van der Waals surface area contributed by atoms with Gasteiger partial charge in [0.1, 0.15) is 53.6 Å². The number of pyridine rings is 1. The molecule has 59 heavy (non-hydrogen) atoms. The normalized spacial score (nSPS) is 12.4. The number of nitriles is 1. The molecule has 15 heteroatoms. The summed E-state index contributed by atoms with van der Waals surface area (Å²) in [6, 6.07) is 23.9. The monoisotopic (exact) mass is 842 g/mol. The first kappa shape index (κ1) is 44.6. The molecule has 0 saturated heterocycles. The van der Waals surface area contributed by atoms with E-state index in [1.165, 1.54) is 13.1 Å². The van der Waals surface area contributed by atoms with Gasteiger partial charge in [-0.15, -0.1) is 0 Å². The summed E-state index contributed by atoms with van der Waals surface area (Å²) in [7, 11) is -3.63. The molecule has 4 aromatic carbocycles. The van der Waals surface area contributed by atoms with Gasteiger partial charge in [-0.25, -0.2) is 8.42 Å². The van der Waals surface area contributed by atoms with Crippen LogP contribution in [0.15, 0.2) is 90.1 Å². The lowest BCUT2D eigenvalue weighted by molar-refractivity contribution is -0.145. The molecule has 0 bridgehead atoms. The topological polar surface area (TPSA) is 200 Å². The van der Waals surface area contributed by atoms with Gasteiger partial charge >= 0.3 is 5.97 Å². The van der Waals surface area contributed by atoms with Crippen molar-refractivity contribution < 1.29 is 42.7 Å². The number of rotatable bonds is 20. The van der Waals surface area contributed by atoms with Crippen molar-refractivity contribution in [3.63, 3.8) is 0 Å². The van der Waals surface area contributed by atoms with E-state index in [-0.39, 0.29) is 48.6 Å². The first-order valence-corrected chi connectivity index (χ1v) is 20.9. The number of carbonyl (C=O) groups is 1. The van der Waals surface area contributed by atoms with Crippen LogP contribution in [0, 0.1) is 25.2 Å². The van der Waals surface area contributed by atoms with Gasteiger partial charge in [-0.05, 0) is 84.0 Å². The second kappa shape index (κ2) is 20.0. The maximum Gasteiger partial charge on any atom is 0.326 e.